The topological polar surface area (TPSA) is 75.9 Å². The van der Waals surface area contributed by atoms with Gasteiger partial charge in [0.2, 0.25) is 0 Å². The number of nitro groups is 1. The molecule has 0 bridgehead atoms. The molecule has 1 aromatic carbocycles. The molecule has 114 valence electrons. The van der Waals surface area contributed by atoms with E-state index in [-0.39, 0.29) is 16.7 Å². The predicted molar refractivity (Wildman–Crippen MR) is 77.0 cm³/mol. The normalized spacial score (nSPS) is 15.8. The van der Waals surface area contributed by atoms with Gasteiger partial charge in [-0.1, -0.05) is 12.1 Å². The second-order valence-electron chi connectivity index (χ2n) is 4.89. The van der Waals surface area contributed by atoms with Crippen LogP contribution in [-0.2, 0) is 11.3 Å². The van der Waals surface area contributed by atoms with Gasteiger partial charge in [-0.2, -0.15) is 0 Å². The Morgan fingerprint density at radius 2 is 2.05 bits per heavy atom. The molecular weight excluding hydrogens is 274 g/mol. The predicted octanol–water partition coefficient (Wildman–Crippen LogP) is 1.87. The first-order valence-electron chi connectivity index (χ1n) is 6.97. The Kier molecular flexibility index (Phi) is 5.10. The van der Waals surface area contributed by atoms with Crippen LogP contribution in [0.5, 0.6) is 0 Å². The summed E-state index contributed by atoms with van der Waals surface area (Å²) in [5.74, 6) is 0. The molecule has 1 amide bonds. The number of carbonyl (C=O) groups excluding carboxylic acids is 1. The summed E-state index contributed by atoms with van der Waals surface area (Å²) in [7, 11) is 0. The molecule has 1 fully saturated rings. The van der Waals surface area contributed by atoms with Gasteiger partial charge in [-0.25, -0.2) is 4.79 Å². The van der Waals surface area contributed by atoms with Crippen molar-refractivity contribution in [3.8, 4) is 0 Å². The summed E-state index contributed by atoms with van der Waals surface area (Å²) in [5, 5.41) is 10.8. The Morgan fingerprint density at radius 1 is 1.33 bits per heavy atom. The highest BCUT2D eigenvalue weighted by Crippen LogP contribution is 2.15. The van der Waals surface area contributed by atoms with E-state index < -0.39 is 0 Å². The van der Waals surface area contributed by atoms with E-state index in [1.807, 2.05) is 6.07 Å². The molecule has 7 heteroatoms. The fourth-order valence-corrected chi connectivity index (χ4v) is 2.33. The molecule has 0 aliphatic carbocycles. The largest absolute Gasteiger partial charge is 0.450 e. The lowest BCUT2D eigenvalue weighted by Gasteiger charge is -2.33. The number of nitro benzene ring substituents is 1. The lowest BCUT2D eigenvalue weighted by molar-refractivity contribution is -0.384. The molecule has 2 rings (SSSR count). The summed E-state index contributed by atoms with van der Waals surface area (Å²) in [5.41, 5.74) is 1.02. The summed E-state index contributed by atoms with van der Waals surface area (Å²) < 4.78 is 4.97. The number of amides is 1. The Hall–Kier alpha value is -2.15. The van der Waals surface area contributed by atoms with Crippen molar-refractivity contribution in [3.63, 3.8) is 0 Å². The van der Waals surface area contributed by atoms with Gasteiger partial charge in [-0.05, 0) is 12.5 Å². The molecular formula is C14H19N3O4. The number of piperazine rings is 1. The number of ether oxygens (including phenoxy) is 1. The van der Waals surface area contributed by atoms with E-state index in [2.05, 4.69) is 4.90 Å². The molecule has 0 radical (unpaired) electrons. The highest BCUT2D eigenvalue weighted by molar-refractivity contribution is 5.67. The molecule has 0 spiro atoms. The van der Waals surface area contributed by atoms with Gasteiger partial charge in [0.1, 0.15) is 0 Å². The molecule has 0 N–H and O–H groups in total. The SMILES string of the molecule is CCOC(=O)N1CCN(Cc2cccc([N+](=O)[O-])c2)CC1. The van der Waals surface area contributed by atoms with Gasteiger partial charge in [0.15, 0.2) is 0 Å². The highest BCUT2D eigenvalue weighted by Gasteiger charge is 2.22. The minimum atomic E-state index is -0.387. The van der Waals surface area contributed by atoms with Crippen LogP contribution in [0.1, 0.15) is 12.5 Å². The first-order chi connectivity index (χ1) is 10.1. The van der Waals surface area contributed by atoms with Gasteiger partial charge < -0.3 is 9.64 Å². The van der Waals surface area contributed by atoms with Crippen molar-refractivity contribution in [1.29, 1.82) is 0 Å². The van der Waals surface area contributed by atoms with Crippen molar-refractivity contribution >= 4 is 11.8 Å². The lowest BCUT2D eigenvalue weighted by atomic mass is 10.2. The minimum Gasteiger partial charge on any atom is -0.450 e. The van der Waals surface area contributed by atoms with Crippen molar-refractivity contribution in [2.24, 2.45) is 0 Å². The van der Waals surface area contributed by atoms with Crippen LogP contribution in [0.25, 0.3) is 0 Å². The maximum absolute atomic E-state index is 11.6. The molecule has 0 saturated carbocycles. The van der Waals surface area contributed by atoms with Crippen molar-refractivity contribution < 1.29 is 14.5 Å². The molecule has 0 atom stereocenters. The number of hydrogen-bond acceptors (Lipinski definition) is 5. The lowest BCUT2D eigenvalue weighted by Crippen LogP contribution is -2.48. The summed E-state index contributed by atoms with van der Waals surface area (Å²) in [6.45, 7) is 5.53. The maximum atomic E-state index is 11.6. The Balaban J connectivity index is 1.87. The molecule has 0 aromatic heterocycles. The van der Waals surface area contributed by atoms with E-state index >= 15 is 0 Å². The average molecular weight is 293 g/mol. The molecule has 1 aliphatic rings. The quantitative estimate of drug-likeness (QED) is 0.625. The standard InChI is InChI=1S/C14H19N3O4/c1-2-21-14(18)16-8-6-15(7-9-16)11-12-4-3-5-13(10-12)17(19)20/h3-5,10H,2,6-9,11H2,1H3. The third kappa shape index (κ3) is 4.16. The third-order valence-corrected chi connectivity index (χ3v) is 3.43. The van der Waals surface area contributed by atoms with Crippen LogP contribution in [0.15, 0.2) is 24.3 Å². The van der Waals surface area contributed by atoms with Crippen LogP contribution in [0, 0.1) is 10.1 Å². The molecule has 7 nitrogen and oxygen atoms in total. The van der Waals surface area contributed by atoms with E-state index in [1.54, 1.807) is 24.0 Å². The van der Waals surface area contributed by atoms with E-state index in [4.69, 9.17) is 4.74 Å². The zero-order valence-corrected chi connectivity index (χ0v) is 12.0. The van der Waals surface area contributed by atoms with E-state index in [1.165, 1.54) is 6.07 Å². The zero-order valence-electron chi connectivity index (χ0n) is 12.0. The summed E-state index contributed by atoms with van der Waals surface area (Å²) in [6.07, 6.45) is -0.271. The average Bonchev–Trinajstić information content (AvgIpc) is 2.48. The third-order valence-electron chi connectivity index (χ3n) is 3.43. The van der Waals surface area contributed by atoms with Crippen LogP contribution in [0.3, 0.4) is 0 Å². The van der Waals surface area contributed by atoms with Crippen molar-refractivity contribution in [1.82, 2.24) is 9.80 Å². The number of non-ortho nitro benzene ring substituents is 1. The van der Waals surface area contributed by atoms with E-state index in [0.717, 1.165) is 18.7 Å². The van der Waals surface area contributed by atoms with E-state index in [9.17, 15) is 14.9 Å². The van der Waals surface area contributed by atoms with Crippen LogP contribution < -0.4 is 0 Å². The summed E-state index contributed by atoms with van der Waals surface area (Å²) in [6, 6.07) is 6.66. The molecule has 1 heterocycles. The van der Waals surface area contributed by atoms with Crippen LogP contribution in [0.4, 0.5) is 10.5 Å². The molecule has 1 saturated heterocycles. The Morgan fingerprint density at radius 3 is 2.67 bits per heavy atom. The fourth-order valence-electron chi connectivity index (χ4n) is 2.33. The van der Waals surface area contributed by atoms with Crippen molar-refractivity contribution in [2.45, 2.75) is 13.5 Å². The summed E-state index contributed by atoms with van der Waals surface area (Å²) >= 11 is 0. The monoisotopic (exact) mass is 293 g/mol. The minimum absolute atomic E-state index is 0.109. The number of nitrogens with zero attached hydrogens (tertiary/aromatic N) is 3. The Bertz CT molecular complexity index is 513. The van der Waals surface area contributed by atoms with Gasteiger partial charge in [-0.15, -0.1) is 0 Å². The van der Waals surface area contributed by atoms with Crippen LogP contribution in [0.2, 0.25) is 0 Å². The van der Waals surface area contributed by atoms with E-state index in [0.29, 0.717) is 26.2 Å². The number of rotatable bonds is 4. The molecule has 0 unspecified atom stereocenters. The van der Waals surface area contributed by atoms with Gasteiger partial charge in [0, 0.05) is 44.9 Å². The first-order valence-corrected chi connectivity index (χ1v) is 6.97. The second kappa shape index (κ2) is 7.03. The van der Waals surface area contributed by atoms with Crippen molar-refractivity contribution in [3.05, 3.63) is 39.9 Å². The first kappa shape index (κ1) is 15.2. The number of carbonyl (C=O) groups is 1. The number of benzene rings is 1. The smallest absolute Gasteiger partial charge is 0.409 e. The van der Waals surface area contributed by atoms with Gasteiger partial charge in [0.05, 0.1) is 11.5 Å². The number of hydrogen-bond donors (Lipinski definition) is 0. The second-order valence-corrected chi connectivity index (χ2v) is 4.89. The van der Waals surface area contributed by atoms with Crippen LogP contribution >= 0.6 is 0 Å². The molecule has 1 aromatic rings. The van der Waals surface area contributed by atoms with Crippen molar-refractivity contribution in [2.75, 3.05) is 32.8 Å². The molecule has 1 aliphatic heterocycles. The highest BCUT2D eigenvalue weighted by atomic mass is 16.6. The van der Waals surface area contributed by atoms with Gasteiger partial charge in [0.25, 0.3) is 5.69 Å². The summed E-state index contributed by atoms with van der Waals surface area (Å²) in [4.78, 5) is 25.8. The maximum Gasteiger partial charge on any atom is 0.409 e. The van der Waals surface area contributed by atoms with Crippen LogP contribution in [-0.4, -0.2) is 53.6 Å². The molecule has 21 heavy (non-hydrogen) atoms. The Labute approximate surface area is 123 Å². The van der Waals surface area contributed by atoms with Gasteiger partial charge in [-0.3, -0.25) is 15.0 Å². The van der Waals surface area contributed by atoms with Gasteiger partial charge >= 0.3 is 6.09 Å². The zero-order chi connectivity index (χ0) is 15.2. The fraction of sp³-hybridized carbons (Fsp3) is 0.500.